The lowest BCUT2D eigenvalue weighted by molar-refractivity contribution is -0.0621. The Bertz CT molecular complexity index is 1090. The Labute approximate surface area is 207 Å². The molecule has 7 heteroatoms. The molecule has 0 spiro atoms. The Balaban J connectivity index is 1.27. The van der Waals surface area contributed by atoms with Gasteiger partial charge in [0.1, 0.15) is 23.7 Å². The van der Waals surface area contributed by atoms with Gasteiger partial charge in [0.05, 0.1) is 17.8 Å². The van der Waals surface area contributed by atoms with Crippen LogP contribution in [0, 0.1) is 13.8 Å². The monoisotopic (exact) mass is 483 g/mol. The molecule has 0 saturated carbocycles. The first-order valence-electron chi connectivity index (χ1n) is 11.9. The number of piperidine rings is 1. The van der Waals surface area contributed by atoms with Crippen LogP contribution in [-0.4, -0.2) is 51.7 Å². The highest BCUT2D eigenvalue weighted by molar-refractivity contribution is 6.32. The largest absolute Gasteiger partial charge is 0.494 e. The Morgan fingerprint density at radius 3 is 2.82 bits per heavy atom. The zero-order valence-corrected chi connectivity index (χ0v) is 20.8. The molecular formula is C27H34ClN3O3. The molecule has 1 saturated heterocycles. The van der Waals surface area contributed by atoms with Crippen LogP contribution >= 0.6 is 11.6 Å². The van der Waals surface area contributed by atoms with Gasteiger partial charge in [-0.2, -0.15) is 5.10 Å². The highest BCUT2D eigenvalue weighted by atomic mass is 35.5. The fraction of sp³-hybridized carbons (Fsp3) is 0.444. The fourth-order valence-corrected chi connectivity index (χ4v) is 4.56. The van der Waals surface area contributed by atoms with Crippen LogP contribution in [-0.2, 0) is 13.1 Å². The average molecular weight is 484 g/mol. The van der Waals surface area contributed by atoms with Crippen LogP contribution in [0.3, 0.4) is 0 Å². The second-order valence-electron chi connectivity index (χ2n) is 9.39. The van der Waals surface area contributed by atoms with Gasteiger partial charge in [-0.3, -0.25) is 9.58 Å². The number of hydrogen-bond donors (Lipinski definition) is 1. The number of aromatic nitrogens is 2. The van der Waals surface area contributed by atoms with Crippen molar-refractivity contribution in [1.29, 1.82) is 0 Å². The maximum atomic E-state index is 11.2. The zero-order valence-electron chi connectivity index (χ0n) is 20.0. The number of halogens is 1. The first-order valence-corrected chi connectivity index (χ1v) is 12.3. The van der Waals surface area contributed by atoms with Gasteiger partial charge in [0.25, 0.3) is 0 Å². The van der Waals surface area contributed by atoms with Crippen molar-refractivity contribution in [1.82, 2.24) is 14.7 Å². The van der Waals surface area contributed by atoms with Crippen molar-refractivity contribution in [2.24, 2.45) is 0 Å². The minimum Gasteiger partial charge on any atom is -0.494 e. The molecule has 1 atom stereocenters. The summed E-state index contributed by atoms with van der Waals surface area (Å²) in [5.41, 5.74) is 2.52. The molecule has 1 aliphatic rings. The SMILES string of the molecule is Cc1ccc(Cl)c(OCC2(O)CCCN(Cc3cccc(OCCCn4cc(C)cn4)c3)C2)c1. The van der Waals surface area contributed by atoms with E-state index in [4.69, 9.17) is 21.1 Å². The van der Waals surface area contributed by atoms with E-state index in [1.54, 1.807) is 0 Å². The quantitative estimate of drug-likeness (QED) is 0.410. The first kappa shape index (κ1) is 24.6. The molecular weight excluding hydrogens is 450 g/mol. The van der Waals surface area contributed by atoms with Crippen molar-refractivity contribution in [3.05, 3.63) is 76.6 Å². The van der Waals surface area contributed by atoms with Crippen LogP contribution < -0.4 is 9.47 Å². The number of aliphatic hydroxyl groups is 1. The summed E-state index contributed by atoms with van der Waals surface area (Å²) in [7, 11) is 0. The van der Waals surface area contributed by atoms with Gasteiger partial charge < -0.3 is 14.6 Å². The minimum atomic E-state index is -0.899. The molecule has 34 heavy (non-hydrogen) atoms. The molecule has 1 N–H and O–H groups in total. The molecule has 2 heterocycles. The molecule has 1 fully saturated rings. The summed E-state index contributed by atoms with van der Waals surface area (Å²) >= 11 is 6.25. The van der Waals surface area contributed by atoms with E-state index < -0.39 is 5.60 Å². The Morgan fingerprint density at radius 2 is 2.00 bits per heavy atom. The Morgan fingerprint density at radius 1 is 1.12 bits per heavy atom. The lowest BCUT2D eigenvalue weighted by Gasteiger charge is -2.39. The average Bonchev–Trinajstić information content (AvgIpc) is 3.23. The number of ether oxygens (including phenoxy) is 2. The minimum absolute atomic E-state index is 0.228. The standard InChI is InChI=1S/C27H34ClN3O3/c1-21-8-9-25(28)26(14-21)34-20-27(32)10-4-11-30(19-27)18-23-6-3-7-24(15-23)33-13-5-12-31-17-22(2)16-29-31/h3,6-9,14-17,32H,4-5,10-13,18-20H2,1-2H3. The van der Waals surface area contributed by atoms with Crippen LogP contribution in [0.5, 0.6) is 11.5 Å². The van der Waals surface area contributed by atoms with Gasteiger partial charge in [0.15, 0.2) is 0 Å². The van der Waals surface area contributed by atoms with Crippen molar-refractivity contribution < 1.29 is 14.6 Å². The summed E-state index contributed by atoms with van der Waals surface area (Å²) in [6.07, 6.45) is 6.45. The maximum absolute atomic E-state index is 11.2. The van der Waals surface area contributed by atoms with Crippen LogP contribution in [0.1, 0.15) is 36.0 Å². The third-order valence-electron chi connectivity index (χ3n) is 6.08. The molecule has 6 nitrogen and oxygen atoms in total. The summed E-state index contributed by atoms with van der Waals surface area (Å²) in [5.74, 6) is 1.50. The lowest BCUT2D eigenvalue weighted by Crippen LogP contribution is -2.51. The van der Waals surface area contributed by atoms with Gasteiger partial charge in [-0.1, -0.05) is 29.8 Å². The predicted octanol–water partition coefficient (Wildman–Crippen LogP) is 5.03. The van der Waals surface area contributed by atoms with Gasteiger partial charge in [0.2, 0.25) is 0 Å². The van der Waals surface area contributed by atoms with Gasteiger partial charge in [-0.15, -0.1) is 0 Å². The van der Waals surface area contributed by atoms with Crippen LogP contribution in [0.25, 0.3) is 0 Å². The molecule has 0 bridgehead atoms. The van der Waals surface area contributed by atoms with Crippen LogP contribution in [0.2, 0.25) is 5.02 Å². The smallest absolute Gasteiger partial charge is 0.138 e. The molecule has 182 valence electrons. The number of aryl methyl sites for hydroxylation is 3. The second kappa shape index (κ2) is 11.3. The van der Waals surface area contributed by atoms with Crippen molar-refractivity contribution in [3.8, 4) is 11.5 Å². The number of benzene rings is 2. The van der Waals surface area contributed by atoms with Crippen molar-refractivity contribution >= 4 is 11.6 Å². The predicted molar refractivity (Wildman–Crippen MR) is 135 cm³/mol. The Kier molecular flexibility index (Phi) is 8.14. The maximum Gasteiger partial charge on any atom is 0.138 e. The number of likely N-dealkylation sites (tertiary alicyclic amines) is 1. The highest BCUT2D eigenvalue weighted by Gasteiger charge is 2.34. The van der Waals surface area contributed by atoms with E-state index in [9.17, 15) is 5.11 Å². The van der Waals surface area contributed by atoms with E-state index in [1.165, 1.54) is 11.1 Å². The molecule has 4 rings (SSSR count). The summed E-state index contributed by atoms with van der Waals surface area (Å²) in [6, 6.07) is 13.9. The van der Waals surface area contributed by atoms with Crippen molar-refractivity contribution in [2.45, 2.75) is 51.8 Å². The molecule has 0 aliphatic carbocycles. The summed E-state index contributed by atoms with van der Waals surface area (Å²) in [6.45, 7) is 8.02. The topological polar surface area (TPSA) is 59.8 Å². The molecule has 0 radical (unpaired) electrons. The first-order chi connectivity index (χ1) is 16.4. The Hall–Kier alpha value is -2.54. The van der Waals surface area contributed by atoms with Crippen LogP contribution in [0.4, 0.5) is 0 Å². The molecule has 3 aromatic rings. The molecule has 0 amide bonds. The van der Waals surface area contributed by atoms with E-state index in [-0.39, 0.29) is 6.61 Å². The second-order valence-corrected chi connectivity index (χ2v) is 9.80. The van der Waals surface area contributed by atoms with Crippen molar-refractivity contribution in [2.75, 3.05) is 26.3 Å². The van der Waals surface area contributed by atoms with E-state index in [1.807, 2.05) is 61.3 Å². The zero-order chi connectivity index (χ0) is 24.0. The molecule has 1 unspecified atom stereocenters. The number of rotatable bonds is 10. The highest BCUT2D eigenvalue weighted by Crippen LogP contribution is 2.29. The van der Waals surface area contributed by atoms with Crippen LogP contribution in [0.15, 0.2) is 54.9 Å². The van der Waals surface area contributed by atoms with E-state index in [0.717, 1.165) is 43.8 Å². The summed E-state index contributed by atoms with van der Waals surface area (Å²) in [4.78, 5) is 2.28. The van der Waals surface area contributed by atoms with Crippen molar-refractivity contribution in [3.63, 3.8) is 0 Å². The molecule has 2 aromatic carbocycles. The third kappa shape index (κ3) is 6.98. The number of β-amino-alcohol motifs (C(OH)–C–C–N with tert-alkyl or cyclic N) is 1. The summed E-state index contributed by atoms with van der Waals surface area (Å²) < 4.78 is 13.9. The normalized spacial score (nSPS) is 18.7. The van der Waals surface area contributed by atoms with E-state index in [2.05, 4.69) is 22.1 Å². The molecule has 1 aromatic heterocycles. The lowest BCUT2D eigenvalue weighted by atomic mass is 9.93. The number of hydrogen-bond acceptors (Lipinski definition) is 5. The van der Waals surface area contributed by atoms with E-state index >= 15 is 0 Å². The van der Waals surface area contributed by atoms with Gasteiger partial charge >= 0.3 is 0 Å². The van der Waals surface area contributed by atoms with Gasteiger partial charge in [-0.05, 0) is 74.2 Å². The fourth-order valence-electron chi connectivity index (χ4n) is 4.39. The van der Waals surface area contributed by atoms with Gasteiger partial charge in [-0.25, -0.2) is 0 Å². The van der Waals surface area contributed by atoms with Gasteiger partial charge in [0, 0.05) is 32.3 Å². The third-order valence-corrected chi connectivity index (χ3v) is 6.40. The summed E-state index contributed by atoms with van der Waals surface area (Å²) in [5, 5.41) is 16.1. The van der Waals surface area contributed by atoms with E-state index in [0.29, 0.717) is 30.3 Å². The molecule has 1 aliphatic heterocycles. The number of nitrogens with zero attached hydrogens (tertiary/aromatic N) is 3.